The lowest BCUT2D eigenvalue weighted by atomic mass is 9.97. The minimum atomic E-state index is 0.240. The van der Waals surface area contributed by atoms with E-state index in [-0.39, 0.29) is 6.61 Å². The fourth-order valence-electron chi connectivity index (χ4n) is 2.54. The van der Waals surface area contributed by atoms with Crippen LogP contribution < -0.4 is 16.6 Å². The summed E-state index contributed by atoms with van der Waals surface area (Å²) < 4.78 is 0. The highest BCUT2D eigenvalue weighted by Gasteiger charge is 2.26. The molecule has 1 saturated carbocycles. The first-order valence-electron chi connectivity index (χ1n) is 6.33. The Morgan fingerprint density at radius 3 is 2.63 bits per heavy atom. The molecule has 0 amide bonds. The molecule has 0 aliphatic heterocycles. The van der Waals surface area contributed by atoms with Crippen LogP contribution in [0.1, 0.15) is 19.3 Å². The van der Waals surface area contributed by atoms with Gasteiger partial charge in [0.15, 0.2) is 5.82 Å². The Bertz CT molecular complexity index is 444. The zero-order valence-electron chi connectivity index (χ0n) is 10.5. The smallest absolute Gasteiger partial charge is 0.161 e. The van der Waals surface area contributed by atoms with E-state index < -0.39 is 0 Å². The average molecular weight is 305 g/mol. The largest absolute Gasteiger partial charge is 0.396 e. The molecule has 0 radical (unpaired) electrons. The van der Waals surface area contributed by atoms with E-state index in [1.807, 2.05) is 0 Å². The number of anilines is 2. The summed E-state index contributed by atoms with van der Waals surface area (Å²) in [6.45, 7) is 0.979. The standard InChI is InChI=1S/C12H18Cl2N4O/c13-9-4-10(14)12(18-15)17-11(9)16-5-7-2-1-3-8(7)6-19/h4,7-8,19H,1-3,5-6,15H2,(H2,16,17,18). The first kappa shape index (κ1) is 14.7. The van der Waals surface area contributed by atoms with Crippen LogP contribution in [0.3, 0.4) is 0 Å². The van der Waals surface area contributed by atoms with Gasteiger partial charge in [-0.25, -0.2) is 10.8 Å². The normalized spacial score (nSPS) is 22.5. The van der Waals surface area contributed by atoms with Gasteiger partial charge < -0.3 is 15.8 Å². The van der Waals surface area contributed by atoms with Gasteiger partial charge in [0, 0.05) is 13.2 Å². The number of hydrazine groups is 1. The van der Waals surface area contributed by atoms with E-state index in [9.17, 15) is 5.11 Å². The van der Waals surface area contributed by atoms with Crippen molar-refractivity contribution in [2.45, 2.75) is 19.3 Å². The Morgan fingerprint density at radius 2 is 1.95 bits per heavy atom. The molecule has 5 N–H and O–H groups in total. The molecular formula is C12H18Cl2N4O. The minimum Gasteiger partial charge on any atom is -0.396 e. The van der Waals surface area contributed by atoms with Crippen molar-refractivity contribution in [3.8, 4) is 0 Å². The van der Waals surface area contributed by atoms with Crippen LogP contribution in [0, 0.1) is 11.8 Å². The number of hydrogen-bond acceptors (Lipinski definition) is 5. The van der Waals surface area contributed by atoms with Crippen molar-refractivity contribution in [1.82, 2.24) is 4.98 Å². The van der Waals surface area contributed by atoms with Crippen LogP contribution in [-0.2, 0) is 0 Å². The highest BCUT2D eigenvalue weighted by Crippen LogP contribution is 2.33. The third kappa shape index (κ3) is 3.42. The first-order chi connectivity index (χ1) is 9.15. The predicted molar refractivity (Wildman–Crippen MR) is 78.5 cm³/mol. The molecule has 106 valence electrons. The van der Waals surface area contributed by atoms with Crippen LogP contribution >= 0.6 is 23.2 Å². The van der Waals surface area contributed by atoms with E-state index in [4.69, 9.17) is 29.0 Å². The Balaban J connectivity index is 2.03. The van der Waals surface area contributed by atoms with E-state index in [1.54, 1.807) is 6.07 Å². The molecule has 2 unspecified atom stereocenters. The number of aliphatic hydroxyl groups is 1. The molecule has 0 aromatic carbocycles. The Hall–Kier alpha value is -0.750. The number of rotatable bonds is 5. The lowest BCUT2D eigenvalue weighted by Gasteiger charge is -2.19. The summed E-state index contributed by atoms with van der Waals surface area (Å²) in [4.78, 5) is 4.23. The van der Waals surface area contributed by atoms with Crippen LogP contribution in [-0.4, -0.2) is 23.2 Å². The van der Waals surface area contributed by atoms with E-state index in [0.717, 1.165) is 25.8 Å². The molecule has 5 nitrogen and oxygen atoms in total. The van der Waals surface area contributed by atoms with Crippen molar-refractivity contribution in [3.63, 3.8) is 0 Å². The molecule has 1 aromatic rings. The van der Waals surface area contributed by atoms with Gasteiger partial charge in [0.05, 0.1) is 10.0 Å². The van der Waals surface area contributed by atoms with Gasteiger partial charge in [-0.05, 0) is 30.7 Å². The van der Waals surface area contributed by atoms with Gasteiger partial charge in [-0.1, -0.05) is 29.6 Å². The average Bonchev–Trinajstić information content (AvgIpc) is 2.85. The maximum atomic E-state index is 9.29. The topological polar surface area (TPSA) is 83.2 Å². The zero-order valence-corrected chi connectivity index (χ0v) is 12.0. The zero-order chi connectivity index (χ0) is 13.8. The molecule has 2 rings (SSSR count). The number of nitrogen functional groups attached to an aromatic ring is 1. The lowest BCUT2D eigenvalue weighted by molar-refractivity contribution is 0.199. The third-order valence-electron chi connectivity index (χ3n) is 3.65. The number of nitrogens with two attached hydrogens (primary N) is 1. The minimum absolute atomic E-state index is 0.240. The molecule has 0 saturated heterocycles. The number of pyridine rings is 1. The molecule has 19 heavy (non-hydrogen) atoms. The highest BCUT2D eigenvalue weighted by molar-refractivity contribution is 6.37. The molecule has 2 atom stereocenters. The second-order valence-corrected chi connectivity index (χ2v) is 5.62. The van der Waals surface area contributed by atoms with Crippen molar-refractivity contribution in [2.24, 2.45) is 17.7 Å². The van der Waals surface area contributed by atoms with Crippen molar-refractivity contribution < 1.29 is 5.11 Å². The maximum absolute atomic E-state index is 9.29. The summed E-state index contributed by atoms with van der Waals surface area (Å²) in [5.41, 5.74) is 2.43. The van der Waals surface area contributed by atoms with Gasteiger partial charge in [-0.15, -0.1) is 0 Å². The number of nitrogens with zero attached hydrogens (tertiary/aromatic N) is 1. The molecule has 1 fully saturated rings. The lowest BCUT2D eigenvalue weighted by Crippen LogP contribution is -2.21. The SMILES string of the molecule is NNc1nc(NCC2CCCC2CO)c(Cl)cc1Cl. The molecule has 1 aliphatic carbocycles. The van der Waals surface area contributed by atoms with Crippen molar-refractivity contribution in [2.75, 3.05) is 23.9 Å². The van der Waals surface area contributed by atoms with Crippen LogP contribution in [0.25, 0.3) is 0 Å². The summed E-state index contributed by atoms with van der Waals surface area (Å²) in [6.07, 6.45) is 3.36. The Kier molecular flexibility index (Phi) is 5.10. The van der Waals surface area contributed by atoms with E-state index in [0.29, 0.717) is 33.5 Å². The van der Waals surface area contributed by atoms with Crippen LogP contribution in [0.4, 0.5) is 11.6 Å². The van der Waals surface area contributed by atoms with Crippen molar-refractivity contribution >= 4 is 34.8 Å². The highest BCUT2D eigenvalue weighted by atomic mass is 35.5. The monoisotopic (exact) mass is 304 g/mol. The van der Waals surface area contributed by atoms with Gasteiger partial charge in [0.1, 0.15) is 5.82 Å². The maximum Gasteiger partial charge on any atom is 0.161 e. The molecule has 1 aliphatic rings. The second-order valence-electron chi connectivity index (χ2n) is 4.81. The second kappa shape index (κ2) is 6.61. The summed E-state index contributed by atoms with van der Waals surface area (Å²) >= 11 is 12.0. The number of hydrogen-bond donors (Lipinski definition) is 4. The summed E-state index contributed by atoms with van der Waals surface area (Å²) in [7, 11) is 0. The van der Waals surface area contributed by atoms with Gasteiger partial charge in [-0.2, -0.15) is 0 Å². The van der Waals surface area contributed by atoms with Crippen LogP contribution in [0.15, 0.2) is 6.07 Å². The number of aromatic nitrogens is 1. The predicted octanol–water partition coefficient (Wildman–Crippen LogP) is 2.49. The Morgan fingerprint density at radius 1 is 1.26 bits per heavy atom. The van der Waals surface area contributed by atoms with Crippen LogP contribution in [0.5, 0.6) is 0 Å². The molecule has 1 aromatic heterocycles. The van der Waals surface area contributed by atoms with Gasteiger partial charge in [0.25, 0.3) is 0 Å². The number of aliphatic hydroxyl groups excluding tert-OH is 1. The molecule has 1 heterocycles. The molecule has 7 heteroatoms. The van der Waals surface area contributed by atoms with Gasteiger partial charge in [-0.3, -0.25) is 0 Å². The quantitative estimate of drug-likeness (QED) is 0.496. The van der Waals surface area contributed by atoms with Crippen molar-refractivity contribution in [3.05, 3.63) is 16.1 Å². The number of halogens is 2. The van der Waals surface area contributed by atoms with E-state index in [1.165, 1.54) is 0 Å². The fraction of sp³-hybridized carbons (Fsp3) is 0.583. The summed E-state index contributed by atoms with van der Waals surface area (Å²) in [5, 5.41) is 13.3. The van der Waals surface area contributed by atoms with E-state index >= 15 is 0 Å². The van der Waals surface area contributed by atoms with Crippen molar-refractivity contribution in [1.29, 1.82) is 0 Å². The van der Waals surface area contributed by atoms with Crippen LogP contribution in [0.2, 0.25) is 10.0 Å². The van der Waals surface area contributed by atoms with Gasteiger partial charge in [0.2, 0.25) is 0 Å². The van der Waals surface area contributed by atoms with Gasteiger partial charge >= 0.3 is 0 Å². The molecule has 0 spiro atoms. The number of nitrogens with one attached hydrogen (secondary N) is 2. The first-order valence-corrected chi connectivity index (χ1v) is 7.08. The molecular weight excluding hydrogens is 287 g/mol. The Labute approximate surface area is 122 Å². The fourth-order valence-corrected chi connectivity index (χ4v) is 3.02. The summed E-state index contributed by atoms with van der Waals surface area (Å²) in [6, 6.07) is 1.60. The molecule has 0 bridgehead atoms. The summed E-state index contributed by atoms with van der Waals surface area (Å²) in [5.74, 6) is 7.09. The van der Waals surface area contributed by atoms with E-state index in [2.05, 4.69) is 15.7 Å². The third-order valence-corrected chi connectivity index (χ3v) is 4.23.